The first-order valence-corrected chi connectivity index (χ1v) is 11.8. The van der Waals surface area contributed by atoms with Crippen LogP contribution in [0.15, 0.2) is 66.7 Å². The SMILES string of the molecule is CC(=O)Oc1ccc2c(c1)C(=O)N(CCC(CC(=O)c1ccc(-c3ccc(Cl)cc3)cc1)C(=O)O)C2=O. The molecular formula is C28H22ClNO7. The molecule has 1 aliphatic rings. The maximum Gasteiger partial charge on any atom is 0.308 e. The van der Waals surface area contributed by atoms with Crippen molar-refractivity contribution < 1.29 is 33.8 Å². The summed E-state index contributed by atoms with van der Waals surface area (Å²) >= 11 is 5.92. The molecule has 1 N–H and O–H groups in total. The highest BCUT2D eigenvalue weighted by molar-refractivity contribution is 6.30. The molecule has 2 amide bonds. The van der Waals surface area contributed by atoms with Crippen LogP contribution in [0.1, 0.15) is 50.8 Å². The number of Topliss-reactive ketones (excluding diaryl/α,β-unsaturated/α-hetero) is 1. The molecular weight excluding hydrogens is 498 g/mol. The molecule has 0 aromatic heterocycles. The molecule has 0 saturated carbocycles. The minimum Gasteiger partial charge on any atom is -0.481 e. The number of ether oxygens (including phenoxy) is 1. The summed E-state index contributed by atoms with van der Waals surface area (Å²) in [4.78, 5) is 62.3. The predicted octanol–water partition coefficient (Wildman–Crippen LogP) is 4.89. The Morgan fingerprint density at radius 3 is 2.08 bits per heavy atom. The maximum atomic E-state index is 12.8. The van der Waals surface area contributed by atoms with Gasteiger partial charge in [0, 0.05) is 30.5 Å². The van der Waals surface area contributed by atoms with Crippen LogP contribution in [-0.4, -0.2) is 46.1 Å². The van der Waals surface area contributed by atoms with Crippen molar-refractivity contribution in [2.75, 3.05) is 6.54 Å². The lowest BCUT2D eigenvalue weighted by Crippen LogP contribution is -2.33. The van der Waals surface area contributed by atoms with Gasteiger partial charge in [-0.05, 0) is 47.9 Å². The van der Waals surface area contributed by atoms with Crippen molar-refractivity contribution in [1.82, 2.24) is 4.90 Å². The second-order valence-electron chi connectivity index (χ2n) is 8.60. The smallest absolute Gasteiger partial charge is 0.308 e. The molecule has 0 fully saturated rings. The summed E-state index contributed by atoms with van der Waals surface area (Å²) in [7, 11) is 0. The monoisotopic (exact) mass is 519 g/mol. The summed E-state index contributed by atoms with van der Waals surface area (Å²) in [5, 5.41) is 10.3. The Hall–Kier alpha value is -4.30. The summed E-state index contributed by atoms with van der Waals surface area (Å²) in [5.41, 5.74) is 2.39. The second kappa shape index (κ2) is 10.8. The van der Waals surface area contributed by atoms with Crippen LogP contribution in [0.5, 0.6) is 5.75 Å². The van der Waals surface area contributed by atoms with Crippen molar-refractivity contribution >= 4 is 41.1 Å². The molecule has 1 heterocycles. The highest BCUT2D eigenvalue weighted by Crippen LogP contribution is 2.28. The van der Waals surface area contributed by atoms with Crippen LogP contribution in [0.4, 0.5) is 0 Å². The van der Waals surface area contributed by atoms with Gasteiger partial charge in [-0.3, -0.25) is 28.9 Å². The number of carboxylic acids is 1. The Kier molecular flexibility index (Phi) is 7.50. The van der Waals surface area contributed by atoms with Crippen molar-refractivity contribution in [3.05, 3.63) is 88.4 Å². The van der Waals surface area contributed by atoms with Crippen LogP contribution in [0.25, 0.3) is 11.1 Å². The number of benzene rings is 3. The van der Waals surface area contributed by atoms with E-state index in [1.165, 1.54) is 25.1 Å². The zero-order valence-electron chi connectivity index (χ0n) is 19.8. The topological polar surface area (TPSA) is 118 Å². The van der Waals surface area contributed by atoms with E-state index in [1.807, 2.05) is 12.1 Å². The average Bonchev–Trinajstić information content (AvgIpc) is 3.10. The van der Waals surface area contributed by atoms with Crippen molar-refractivity contribution in [2.45, 2.75) is 19.8 Å². The predicted molar refractivity (Wildman–Crippen MR) is 135 cm³/mol. The number of esters is 1. The minimum atomic E-state index is -1.19. The van der Waals surface area contributed by atoms with Crippen LogP contribution in [0, 0.1) is 5.92 Å². The van der Waals surface area contributed by atoms with Crippen LogP contribution in [0.3, 0.4) is 0 Å². The first-order chi connectivity index (χ1) is 17.6. The Morgan fingerprint density at radius 1 is 0.892 bits per heavy atom. The highest BCUT2D eigenvalue weighted by Gasteiger charge is 2.36. The van der Waals surface area contributed by atoms with Gasteiger partial charge in [-0.15, -0.1) is 0 Å². The van der Waals surface area contributed by atoms with Gasteiger partial charge >= 0.3 is 11.9 Å². The summed E-state index contributed by atoms with van der Waals surface area (Å²) in [6.45, 7) is 1.04. The van der Waals surface area contributed by atoms with Gasteiger partial charge in [0.05, 0.1) is 17.0 Å². The first kappa shape index (κ1) is 25.8. The Bertz CT molecular complexity index is 1400. The van der Waals surface area contributed by atoms with E-state index in [0.717, 1.165) is 16.0 Å². The first-order valence-electron chi connectivity index (χ1n) is 11.4. The standard InChI is InChI=1S/C28H22ClNO7/c1-16(31)37-22-10-11-23-24(15-22)27(34)30(26(23)33)13-12-20(28(35)36)14-25(32)19-4-2-17(3-5-19)18-6-8-21(29)9-7-18/h2-11,15,20H,12-14H2,1H3,(H,35,36). The third-order valence-corrected chi connectivity index (χ3v) is 6.32. The van der Waals surface area contributed by atoms with Gasteiger partial charge in [0.1, 0.15) is 5.75 Å². The number of ketones is 1. The molecule has 9 heteroatoms. The fraction of sp³-hybridized carbons (Fsp3) is 0.179. The van der Waals surface area contributed by atoms with Crippen LogP contribution >= 0.6 is 11.6 Å². The van der Waals surface area contributed by atoms with Gasteiger partial charge in [-0.25, -0.2) is 0 Å². The third kappa shape index (κ3) is 5.76. The summed E-state index contributed by atoms with van der Waals surface area (Å²) < 4.78 is 4.97. The van der Waals surface area contributed by atoms with E-state index < -0.39 is 29.7 Å². The van der Waals surface area contributed by atoms with E-state index in [4.69, 9.17) is 16.3 Å². The summed E-state index contributed by atoms with van der Waals surface area (Å²) in [6.07, 6.45) is -0.373. The zero-order valence-corrected chi connectivity index (χ0v) is 20.5. The fourth-order valence-corrected chi connectivity index (χ4v) is 4.26. The normalized spacial score (nSPS) is 13.3. The molecule has 1 unspecified atom stereocenters. The number of rotatable bonds is 9. The number of hydrogen-bond acceptors (Lipinski definition) is 6. The lowest BCUT2D eigenvalue weighted by atomic mass is 9.94. The Morgan fingerprint density at radius 2 is 1.49 bits per heavy atom. The molecule has 0 bridgehead atoms. The van der Waals surface area contributed by atoms with Gasteiger partial charge in [0.15, 0.2) is 5.78 Å². The number of aliphatic carboxylic acids is 1. The largest absolute Gasteiger partial charge is 0.481 e. The lowest BCUT2D eigenvalue weighted by Gasteiger charge is -2.17. The van der Waals surface area contributed by atoms with Crippen molar-refractivity contribution in [1.29, 1.82) is 0 Å². The average molecular weight is 520 g/mol. The molecule has 37 heavy (non-hydrogen) atoms. The lowest BCUT2D eigenvalue weighted by molar-refractivity contribution is -0.142. The number of fused-ring (bicyclic) bond motifs is 1. The van der Waals surface area contributed by atoms with E-state index in [1.54, 1.807) is 36.4 Å². The molecule has 1 atom stereocenters. The molecule has 3 aromatic carbocycles. The number of carboxylic acid groups (broad SMARTS) is 1. The van der Waals surface area contributed by atoms with Gasteiger partial charge in [0.2, 0.25) is 0 Å². The molecule has 0 radical (unpaired) electrons. The van der Waals surface area contributed by atoms with Crippen LogP contribution in [0.2, 0.25) is 5.02 Å². The molecule has 3 aromatic rings. The molecule has 4 rings (SSSR count). The van der Waals surface area contributed by atoms with Gasteiger partial charge in [-0.1, -0.05) is 48.0 Å². The second-order valence-corrected chi connectivity index (χ2v) is 9.03. The minimum absolute atomic E-state index is 0.0764. The van der Waals surface area contributed by atoms with E-state index in [0.29, 0.717) is 10.6 Å². The van der Waals surface area contributed by atoms with Crippen molar-refractivity contribution in [3.63, 3.8) is 0 Å². The molecule has 0 spiro atoms. The van der Waals surface area contributed by atoms with E-state index in [9.17, 15) is 29.1 Å². The number of carbonyl (C=O) groups is 5. The molecule has 8 nitrogen and oxygen atoms in total. The van der Waals surface area contributed by atoms with Crippen LogP contribution in [-0.2, 0) is 9.59 Å². The quantitative estimate of drug-likeness (QED) is 0.185. The van der Waals surface area contributed by atoms with Crippen molar-refractivity contribution in [3.8, 4) is 16.9 Å². The molecule has 188 valence electrons. The third-order valence-electron chi connectivity index (χ3n) is 6.07. The van der Waals surface area contributed by atoms with Crippen molar-refractivity contribution in [2.24, 2.45) is 5.92 Å². The Labute approximate surface area is 217 Å². The van der Waals surface area contributed by atoms with Gasteiger partial charge < -0.3 is 9.84 Å². The maximum absolute atomic E-state index is 12.8. The number of nitrogens with zero attached hydrogens (tertiary/aromatic N) is 1. The number of amides is 2. The van der Waals surface area contributed by atoms with Crippen LogP contribution < -0.4 is 4.74 Å². The Balaban J connectivity index is 1.41. The van der Waals surface area contributed by atoms with E-state index in [2.05, 4.69) is 0 Å². The molecule has 1 aliphatic heterocycles. The number of hydrogen-bond donors (Lipinski definition) is 1. The molecule has 0 saturated heterocycles. The van der Waals surface area contributed by atoms with E-state index in [-0.39, 0.29) is 42.0 Å². The van der Waals surface area contributed by atoms with Gasteiger partial charge in [-0.2, -0.15) is 0 Å². The number of imide groups is 1. The number of halogens is 1. The highest BCUT2D eigenvalue weighted by atomic mass is 35.5. The number of carbonyl (C=O) groups excluding carboxylic acids is 4. The zero-order chi connectivity index (χ0) is 26.7. The summed E-state index contributed by atoms with van der Waals surface area (Å²) in [5.74, 6) is -4.26. The fourth-order valence-electron chi connectivity index (χ4n) is 4.13. The van der Waals surface area contributed by atoms with Gasteiger partial charge in [0.25, 0.3) is 11.8 Å². The molecule has 0 aliphatic carbocycles. The summed E-state index contributed by atoms with van der Waals surface area (Å²) in [6, 6.07) is 18.2. The van der Waals surface area contributed by atoms with E-state index >= 15 is 0 Å².